The third kappa shape index (κ3) is 39.9. The molecule has 6 unspecified atom stereocenters. The first-order valence-corrected chi connectivity index (χ1v) is 30.0. The molecule has 73 heavy (non-hydrogen) atoms. The maximum absolute atomic E-state index is 13.1. The second-order valence-corrected chi connectivity index (χ2v) is 20.6. The Kier molecular flexibility index (Phi) is 46.4. The second-order valence-electron chi connectivity index (χ2n) is 20.6. The fourth-order valence-corrected chi connectivity index (χ4v) is 9.00. The number of esters is 3. The number of hydrogen-bond donors (Lipinski definition) is 3. The lowest BCUT2D eigenvalue weighted by Gasteiger charge is -2.40. The number of ether oxygens (including phenoxy) is 5. The van der Waals surface area contributed by atoms with Gasteiger partial charge in [0.15, 0.2) is 24.6 Å². The molecule has 1 heterocycles. The van der Waals surface area contributed by atoms with E-state index in [1.165, 1.54) is 103 Å². The number of carbonyl (C=O) groups excluding carboxylic acids is 3. The monoisotopic (exact) mass is 1030 g/mol. The largest absolute Gasteiger partial charge is 0.479 e. The molecule has 0 radical (unpaired) electrons. The van der Waals surface area contributed by atoms with Gasteiger partial charge in [0.25, 0.3) is 0 Å². The number of allylic oxidation sites excluding steroid dienone is 6. The first kappa shape index (κ1) is 68.0. The molecular weight excluding hydrogens is 925 g/mol. The highest BCUT2D eigenvalue weighted by Crippen LogP contribution is 2.26. The van der Waals surface area contributed by atoms with E-state index in [9.17, 15) is 34.5 Å². The van der Waals surface area contributed by atoms with Gasteiger partial charge < -0.3 is 39.0 Å². The van der Waals surface area contributed by atoms with Crippen LogP contribution >= 0.6 is 0 Å². The van der Waals surface area contributed by atoms with E-state index in [2.05, 4.69) is 57.2 Å². The van der Waals surface area contributed by atoms with Gasteiger partial charge in [0.1, 0.15) is 18.8 Å². The van der Waals surface area contributed by atoms with Crippen molar-refractivity contribution < 1.29 is 58.2 Å². The van der Waals surface area contributed by atoms with Crippen LogP contribution in [0.1, 0.15) is 278 Å². The molecule has 0 spiro atoms. The van der Waals surface area contributed by atoms with Crippen molar-refractivity contribution in [1.29, 1.82) is 0 Å². The summed E-state index contributed by atoms with van der Waals surface area (Å²) in [5, 5.41) is 31.5. The first-order chi connectivity index (χ1) is 35.6. The number of aliphatic hydroxyl groups is 2. The van der Waals surface area contributed by atoms with Crippen LogP contribution in [-0.2, 0) is 42.9 Å². The first-order valence-electron chi connectivity index (χ1n) is 30.0. The van der Waals surface area contributed by atoms with Crippen LogP contribution < -0.4 is 0 Å². The number of carboxylic acid groups (broad SMARTS) is 1. The highest BCUT2D eigenvalue weighted by Gasteiger charge is 2.50. The topological polar surface area (TPSA) is 175 Å². The summed E-state index contributed by atoms with van der Waals surface area (Å²) in [5.74, 6) is -3.13. The summed E-state index contributed by atoms with van der Waals surface area (Å²) in [6, 6.07) is 0. The summed E-state index contributed by atoms with van der Waals surface area (Å²) in [5.41, 5.74) is 0. The third-order valence-corrected chi connectivity index (χ3v) is 13.7. The fourth-order valence-electron chi connectivity index (χ4n) is 9.00. The minimum atomic E-state index is -1.90. The van der Waals surface area contributed by atoms with Gasteiger partial charge in [0, 0.05) is 19.3 Å². The van der Waals surface area contributed by atoms with E-state index in [1.54, 1.807) is 0 Å². The van der Waals surface area contributed by atoms with Crippen LogP contribution in [0.15, 0.2) is 36.5 Å². The highest BCUT2D eigenvalue weighted by atomic mass is 16.7. The van der Waals surface area contributed by atoms with Gasteiger partial charge in [-0.1, -0.05) is 198 Å². The van der Waals surface area contributed by atoms with Gasteiger partial charge in [-0.25, -0.2) is 4.79 Å². The quantitative estimate of drug-likeness (QED) is 0.0228. The number of rotatable bonds is 51. The van der Waals surface area contributed by atoms with Crippen molar-refractivity contribution in [2.24, 2.45) is 0 Å². The molecule has 0 bridgehead atoms. The Labute approximate surface area is 444 Å². The molecule has 0 saturated carbocycles. The molecule has 1 rings (SSSR count). The van der Waals surface area contributed by atoms with Crippen molar-refractivity contribution in [2.75, 3.05) is 13.2 Å². The van der Waals surface area contributed by atoms with Crippen molar-refractivity contribution in [2.45, 2.75) is 314 Å². The van der Waals surface area contributed by atoms with Gasteiger partial charge in [-0.15, -0.1) is 0 Å². The van der Waals surface area contributed by atoms with E-state index in [-0.39, 0.29) is 25.9 Å². The highest BCUT2D eigenvalue weighted by molar-refractivity contribution is 5.74. The van der Waals surface area contributed by atoms with E-state index in [0.717, 1.165) is 116 Å². The summed E-state index contributed by atoms with van der Waals surface area (Å²) >= 11 is 0. The molecule has 1 aliphatic rings. The lowest BCUT2D eigenvalue weighted by molar-refractivity contribution is -0.301. The minimum absolute atomic E-state index is 0.0513. The van der Waals surface area contributed by atoms with E-state index >= 15 is 0 Å². The Balaban J connectivity index is 2.70. The summed E-state index contributed by atoms with van der Waals surface area (Å²) < 4.78 is 28.4. The van der Waals surface area contributed by atoms with Crippen LogP contribution in [0.25, 0.3) is 0 Å². The van der Waals surface area contributed by atoms with E-state index < -0.39 is 67.3 Å². The Morgan fingerprint density at radius 1 is 0.438 bits per heavy atom. The van der Waals surface area contributed by atoms with Crippen LogP contribution in [0.5, 0.6) is 0 Å². The average molecular weight is 1030 g/mol. The zero-order chi connectivity index (χ0) is 53.3. The number of unbranched alkanes of at least 4 members (excludes halogenated alkanes) is 31. The van der Waals surface area contributed by atoms with Crippen molar-refractivity contribution in [3.8, 4) is 0 Å². The van der Waals surface area contributed by atoms with Crippen LogP contribution in [0.4, 0.5) is 0 Å². The van der Waals surface area contributed by atoms with Crippen LogP contribution in [0.2, 0.25) is 0 Å². The molecule has 1 aliphatic heterocycles. The van der Waals surface area contributed by atoms with Crippen LogP contribution in [-0.4, -0.2) is 89.2 Å². The van der Waals surface area contributed by atoms with E-state index in [1.807, 2.05) is 0 Å². The van der Waals surface area contributed by atoms with Crippen molar-refractivity contribution in [3.05, 3.63) is 36.5 Å². The Morgan fingerprint density at radius 3 is 1.18 bits per heavy atom. The van der Waals surface area contributed by atoms with Gasteiger partial charge in [0.2, 0.25) is 0 Å². The molecule has 0 aromatic carbocycles. The molecular formula is C61H108O12. The maximum atomic E-state index is 13.1. The third-order valence-electron chi connectivity index (χ3n) is 13.7. The number of aliphatic carboxylic acids is 1. The summed E-state index contributed by atoms with van der Waals surface area (Å²) in [6.45, 7) is 5.96. The number of aliphatic hydroxyl groups excluding tert-OH is 2. The van der Waals surface area contributed by atoms with Gasteiger partial charge in [-0.05, 0) is 96.3 Å². The zero-order valence-corrected chi connectivity index (χ0v) is 46.6. The SMILES string of the molecule is CCCCCC/C=C\CCCCCCCC(=O)OC(COC(=O)CCCCCCC/C=C\CCCCCCCC)COC1OC(C(=O)O)C(O)C(O)C1OC(=O)CCCCCCC/C=C\CCCCCCCC. The Morgan fingerprint density at radius 2 is 0.781 bits per heavy atom. The zero-order valence-electron chi connectivity index (χ0n) is 46.6. The number of carbonyl (C=O) groups is 4. The average Bonchev–Trinajstić information content (AvgIpc) is 3.37. The van der Waals surface area contributed by atoms with Crippen LogP contribution in [0.3, 0.4) is 0 Å². The predicted octanol–water partition coefficient (Wildman–Crippen LogP) is 15.2. The molecule has 0 amide bonds. The molecule has 1 fully saturated rings. The fraction of sp³-hybridized carbons (Fsp3) is 0.836. The Hall–Kier alpha value is -3.06. The van der Waals surface area contributed by atoms with E-state index in [0.29, 0.717) is 19.3 Å². The van der Waals surface area contributed by atoms with Gasteiger partial charge in [-0.3, -0.25) is 14.4 Å². The molecule has 0 aromatic heterocycles. The number of carboxylic acids is 1. The van der Waals surface area contributed by atoms with Crippen molar-refractivity contribution >= 4 is 23.9 Å². The number of hydrogen-bond acceptors (Lipinski definition) is 11. The minimum Gasteiger partial charge on any atom is -0.479 e. The Bertz CT molecular complexity index is 1410. The normalized spacial score (nSPS) is 18.5. The van der Waals surface area contributed by atoms with E-state index in [4.69, 9.17) is 23.7 Å². The van der Waals surface area contributed by atoms with Crippen LogP contribution in [0, 0.1) is 0 Å². The molecule has 3 N–H and O–H groups in total. The van der Waals surface area contributed by atoms with Crippen molar-refractivity contribution in [1.82, 2.24) is 0 Å². The van der Waals surface area contributed by atoms with Gasteiger partial charge >= 0.3 is 23.9 Å². The van der Waals surface area contributed by atoms with Crippen molar-refractivity contribution in [3.63, 3.8) is 0 Å². The molecule has 424 valence electrons. The summed E-state index contributed by atoms with van der Waals surface area (Å²) in [4.78, 5) is 51.1. The molecule has 0 aliphatic carbocycles. The predicted molar refractivity (Wildman–Crippen MR) is 294 cm³/mol. The molecule has 12 nitrogen and oxygen atoms in total. The second kappa shape index (κ2) is 49.8. The lowest BCUT2D eigenvalue weighted by atomic mass is 9.98. The molecule has 12 heteroatoms. The molecule has 1 saturated heterocycles. The standard InChI is InChI=1S/C61H108O12/c1-4-7-10-13-16-19-22-25-27-30-32-35-38-41-44-47-53(62)69-50-52(71-54(63)48-45-42-39-36-33-29-24-21-18-15-12-9-6-3)51-70-61-59(57(66)56(65)58(73-61)60(67)68)72-55(64)49-46-43-40-37-34-31-28-26-23-20-17-14-11-8-5-2/h21,24-28,52,56-59,61,65-66H,4-20,22-23,29-51H2,1-3H3,(H,67,68)/b24-21-,27-25-,28-26-. The summed E-state index contributed by atoms with van der Waals surface area (Å²) in [7, 11) is 0. The molecule has 6 atom stereocenters. The lowest BCUT2D eigenvalue weighted by Crippen LogP contribution is -2.61. The molecule has 0 aromatic rings. The summed E-state index contributed by atoms with van der Waals surface area (Å²) in [6.07, 6.45) is 45.4. The smallest absolute Gasteiger partial charge is 0.335 e. The van der Waals surface area contributed by atoms with Gasteiger partial charge in [0.05, 0.1) is 6.61 Å². The maximum Gasteiger partial charge on any atom is 0.335 e. The van der Waals surface area contributed by atoms with Gasteiger partial charge in [-0.2, -0.15) is 0 Å².